The third-order valence-electron chi connectivity index (χ3n) is 3.96. The normalized spacial score (nSPS) is 16.9. The molecule has 0 spiro atoms. The van der Waals surface area contributed by atoms with E-state index in [0.717, 1.165) is 31.2 Å². The van der Waals surface area contributed by atoms with Gasteiger partial charge in [-0.3, -0.25) is 9.00 Å². The maximum absolute atomic E-state index is 12.1. The van der Waals surface area contributed by atoms with Crippen molar-refractivity contribution in [2.75, 3.05) is 12.3 Å². The lowest BCUT2D eigenvalue weighted by molar-refractivity contribution is -0.124. The number of aryl methyl sites for hydroxylation is 2. The van der Waals surface area contributed by atoms with Gasteiger partial charge in [0.1, 0.15) is 0 Å². The van der Waals surface area contributed by atoms with Crippen LogP contribution in [0.2, 0.25) is 0 Å². The molecule has 1 unspecified atom stereocenters. The Morgan fingerprint density at radius 3 is 2.43 bits per heavy atom. The maximum Gasteiger partial charge on any atom is 0.223 e. The van der Waals surface area contributed by atoms with Gasteiger partial charge in [-0.2, -0.15) is 0 Å². The lowest BCUT2D eigenvalue weighted by Gasteiger charge is -2.10. The lowest BCUT2D eigenvalue weighted by atomic mass is 10.1. The van der Waals surface area contributed by atoms with Gasteiger partial charge in [-0.25, -0.2) is 0 Å². The predicted molar refractivity (Wildman–Crippen MR) is 87.6 cm³/mol. The fourth-order valence-electron chi connectivity index (χ4n) is 3.03. The Kier molecular flexibility index (Phi) is 5.97. The average molecular weight is 307 g/mol. The van der Waals surface area contributed by atoms with Crippen molar-refractivity contribution in [3.63, 3.8) is 0 Å². The molecular formula is C17H25NO2S. The first-order valence-electron chi connectivity index (χ1n) is 7.74. The first-order valence-corrected chi connectivity index (χ1v) is 9.23. The molecule has 3 nitrogen and oxygen atoms in total. The third-order valence-corrected chi connectivity index (χ3v) is 5.28. The van der Waals surface area contributed by atoms with Gasteiger partial charge in [0, 0.05) is 34.8 Å². The summed E-state index contributed by atoms with van der Waals surface area (Å²) in [5, 5.41) is 2.93. The van der Waals surface area contributed by atoms with Crippen molar-refractivity contribution in [3.05, 3.63) is 34.9 Å². The second kappa shape index (κ2) is 7.74. The van der Waals surface area contributed by atoms with Crippen LogP contribution in [0.4, 0.5) is 0 Å². The average Bonchev–Trinajstić information content (AvgIpc) is 2.90. The number of benzene rings is 1. The zero-order valence-electron chi connectivity index (χ0n) is 13.0. The van der Waals surface area contributed by atoms with E-state index in [1.54, 1.807) is 0 Å². The van der Waals surface area contributed by atoms with Crippen molar-refractivity contribution in [1.82, 2.24) is 5.32 Å². The maximum atomic E-state index is 12.1. The van der Waals surface area contributed by atoms with Crippen LogP contribution >= 0.6 is 0 Å². The summed E-state index contributed by atoms with van der Waals surface area (Å²) < 4.78 is 12.1. The van der Waals surface area contributed by atoms with Gasteiger partial charge >= 0.3 is 0 Å². The second-order valence-electron chi connectivity index (χ2n) is 6.06. The van der Waals surface area contributed by atoms with Crippen molar-refractivity contribution < 1.29 is 9.00 Å². The van der Waals surface area contributed by atoms with E-state index >= 15 is 0 Å². The van der Waals surface area contributed by atoms with Gasteiger partial charge in [-0.15, -0.1) is 0 Å². The van der Waals surface area contributed by atoms with Crippen LogP contribution in [0.1, 0.15) is 42.4 Å². The quantitative estimate of drug-likeness (QED) is 0.878. The molecule has 4 heteroatoms. The minimum Gasteiger partial charge on any atom is -0.355 e. The molecule has 0 aliphatic heterocycles. The largest absolute Gasteiger partial charge is 0.355 e. The zero-order chi connectivity index (χ0) is 15.2. The van der Waals surface area contributed by atoms with Crippen molar-refractivity contribution in [2.45, 2.75) is 45.3 Å². The van der Waals surface area contributed by atoms with Gasteiger partial charge in [0.25, 0.3) is 0 Å². The highest BCUT2D eigenvalue weighted by Gasteiger charge is 2.22. The van der Waals surface area contributed by atoms with Crippen LogP contribution in [0, 0.1) is 19.8 Å². The fraction of sp³-hybridized carbons (Fsp3) is 0.588. The molecule has 0 radical (unpaired) electrons. The monoisotopic (exact) mass is 307 g/mol. The van der Waals surface area contributed by atoms with Crippen LogP contribution in [0.15, 0.2) is 18.2 Å². The van der Waals surface area contributed by atoms with E-state index < -0.39 is 10.8 Å². The minimum atomic E-state index is -0.920. The van der Waals surface area contributed by atoms with E-state index in [1.165, 1.54) is 11.1 Å². The molecule has 0 bridgehead atoms. The SMILES string of the molecule is Cc1cc(C)cc(CS(=O)CCNC(=O)C2CCCC2)c1. The summed E-state index contributed by atoms with van der Waals surface area (Å²) in [6, 6.07) is 6.29. The van der Waals surface area contributed by atoms with Gasteiger partial charge in [0.2, 0.25) is 5.91 Å². The Morgan fingerprint density at radius 1 is 1.19 bits per heavy atom. The Hall–Kier alpha value is -1.16. The van der Waals surface area contributed by atoms with E-state index in [2.05, 4.69) is 37.4 Å². The summed E-state index contributed by atoms with van der Waals surface area (Å²) in [6.07, 6.45) is 4.35. The smallest absolute Gasteiger partial charge is 0.223 e. The Labute approximate surface area is 130 Å². The van der Waals surface area contributed by atoms with Crippen molar-refractivity contribution in [2.24, 2.45) is 5.92 Å². The van der Waals surface area contributed by atoms with E-state index in [1.807, 2.05) is 0 Å². The molecule has 1 aliphatic rings. The standard InChI is InChI=1S/C17H25NO2S/c1-13-9-14(2)11-15(10-13)12-21(20)8-7-18-17(19)16-5-3-4-6-16/h9-11,16H,3-8,12H2,1-2H3,(H,18,19). The number of rotatable bonds is 6. The molecule has 1 saturated carbocycles. The molecule has 1 fully saturated rings. The van der Waals surface area contributed by atoms with Crippen LogP contribution < -0.4 is 5.32 Å². The van der Waals surface area contributed by atoms with Crippen molar-refractivity contribution >= 4 is 16.7 Å². The predicted octanol–water partition coefficient (Wildman–Crippen LogP) is 2.86. The van der Waals surface area contributed by atoms with Gasteiger partial charge in [0.05, 0.1) is 0 Å². The summed E-state index contributed by atoms with van der Waals surface area (Å²) >= 11 is 0. The molecule has 0 aromatic heterocycles. The van der Waals surface area contributed by atoms with Crippen LogP contribution in [0.25, 0.3) is 0 Å². The van der Waals surface area contributed by atoms with Gasteiger partial charge in [-0.05, 0) is 32.3 Å². The van der Waals surface area contributed by atoms with Crippen molar-refractivity contribution in [1.29, 1.82) is 0 Å². The Morgan fingerprint density at radius 2 is 1.81 bits per heavy atom. The summed E-state index contributed by atoms with van der Waals surface area (Å²) in [4.78, 5) is 11.9. The molecule has 0 heterocycles. The first-order chi connectivity index (χ1) is 10.0. The number of carbonyl (C=O) groups is 1. The van der Waals surface area contributed by atoms with Gasteiger partial charge < -0.3 is 5.32 Å². The number of amides is 1. The highest BCUT2D eigenvalue weighted by atomic mass is 32.2. The van der Waals surface area contributed by atoms with E-state index in [0.29, 0.717) is 18.1 Å². The number of carbonyl (C=O) groups excluding carboxylic acids is 1. The van der Waals surface area contributed by atoms with E-state index in [-0.39, 0.29) is 11.8 Å². The van der Waals surface area contributed by atoms with Gasteiger partial charge in [-0.1, -0.05) is 42.2 Å². The highest BCUT2D eigenvalue weighted by molar-refractivity contribution is 7.84. The molecule has 116 valence electrons. The van der Waals surface area contributed by atoms with Crippen LogP contribution in [-0.4, -0.2) is 22.4 Å². The summed E-state index contributed by atoms with van der Waals surface area (Å²) in [5.41, 5.74) is 3.53. The lowest BCUT2D eigenvalue weighted by Crippen LogP contribution is -2.32. The summed E-state index contributed by atoms with van der Waals surface area (Å²) in [7, 11) is -0.920. The second-order valence-corrected chi connectivity index (χ2v) is 7.63. The fourth-order valence-corrected chi connectivity index (χ4v) is 4.04. The van der Waals surface area contributed by atoms with E-state index in [4.69, 9.17) is 0 Å². The highest BCUT2D eigenvalue weighted by Crippen LogP contribution is 2.24. The summed E-state index contributed by atoms with van der Waals surface area (Å²) in [6.45, 7) is 4.63. The number of hydrogen-bond acceptors (Lipinski definition) is 2. The molecule has 1 aromatic carbocycles. The molecule has 1 aromatic rings. The Balaban J connectivity index is 1.73. The molecular weight excluding hydrogens is 282 g/mol. The minimum absolute atomic E-state index is 0.149. The van der Waals surface area contributed by atoms with Gasteiger partial charge in [0.15, 0.2) is 0 Å². The van der Waals surface area contributed by atoms with Crippen LogP contribution in [0.3, 0.4) is 0 Å². The van der Waals surface area contributed by atoms with E-state index in [9.17, 15) is 9.00 Å². The molecule has 1 amide bonds. The topological polar surface area (TPSA) is 46.2 Å². The number of nitrogens with one attached hydrogen (secondary N) is 1. The zero-order valence-corrected chi connectivity index (χ0v) is 13.8. The third kappa shape index (κ3) is 5.27. The van der Waals surface area contributed by atoms with Crippen LogP contribution in [-0.2, 0) is 21.3 Å². The van der Waals surface area contributed by atoms with Crippen LogP contribution in [0.5, 0.6) is 0 Å². The Bertz CT molecular complexity index is 501. The molecule has 1 aliphatic carbocycles. The molecule has 1 atom stereocenters. The molecule has 2 rings (SSSR count). The first kappa shape index (κ1) is 16.2. The van der Waals surface area contributed by atoms with Crippen molar-refractivity contribution in [3.8, 4) is 0 Å². The summed E-state index contributed by atoms with van der Waals surface area (Å²) in [5.74, 6) is 1.45. The molecule has 1 N–H and O–H groups in total. The molecule has 0 saturated heterocycles. The number of hydrogen-bond donors (Lipinski definition) is 1. The molecule has 21 heavy (non-hydrogen) atoms.